The fourth-order valence-corrected chi connectivity index (χ4v) is 2.54. The number of rotatable bonds is 6. The highest BCUT2D eigenvalue weighted by molar-refractivity contribution is 6.32. The lowest BCUT2D eigenvalue weighted by molar-refractivity contribution is -0.117. The second-order valence-corrected chi connectivity index (χ2v) is 5.77. The third-order valence-electron chi connectivity index (χ3n) is 3.61. The number of carbonyl (C=O) groups excluding carboxylic acids is 1. The number of benzene rings is 2. The summed E-state index contributed by atoms with van der Waals surface area (Å²) in [4.78, 5) is 12.3. The Hall–Kier alpha value is -2.04. The lowest BCUT2D eigenvalue weighted by atomic mass is 10.1. The van der Waals surface area contributed by atoms with Gasteiger partial charge in [-0.05, 0) is 37.6 Å². The van der Waals surface area contributed by atoms with Crippen molar-refractivity contribution in [2.75, 3.05) is 12.4 Å². The van der Waals surface area contributed by atoms with Crippen LogP contribution in [0.5, 0.6) is 5.75 Å². The molecule has 2 N–H and O–H groups in total. The Morgan fingerprint density at radius 1 is 1.13 bits per heavy atom. The Morgan fingerprint density at radius 2 is 1.83 bits per heavy atom. The number of methoxy groups -OCH3 is 1. The van der Waals surface area contributed by atoms with Gasteiger partial charge < -0.3 is 10.1 Å². The zero-order chi connectivity index (χ0) is 16.8. The van der Waals surface area contributed by atoms with Gasteiger partial charge in [0.1, 0.15) is 5.75 Å². The van der Waals surface area contributed by atoms with Crippen LogP contribution in [-0.4, -0.2) is 19.1 Å². The highest BCUT2D eigenvalue weighted by Crippen LogP contribution is 2.27. The van der Waals surface area contributed by atoms with Crippen LogP contribution in [0.15, 0.2) is 48.5 Å². The molecule has 2 aromatic carbocycles. The molecular weight excluding hydrogens is 312 g/mol. The molecule has 0 heterocycles. The SMILES string of the molecule is COc1ccc(NC(=O)[C@H](C)N[C@@H](C)c2ccccc2)cc1Cl. The standard InChI is InChI=1S/C18H21ClN2O2/c1-12(14-7-5-4-6-8-14)20-13(2)18(22)21-15-9-10-17(23-3)16(19)11-15/h4-13,20H,1-3H3,(H,21,22)/t12-,13-/m0/s1. The van der Waals surface area contributed by atoms with Gasteiger partial charge in [-0.15, -0.1) is 0 Å². The summed E-state index contributed by atoms with van der Waals surface area (Å²) in [5.74, 6) is 0.461. The summed E-state index contributed by atoms with van der Waals surface area (Å²) in [7, 11) is 1.55. The Labute approximate surface area is 141 Å². The van der Waals surface area contributed by atoms with E-state index in [0.717, 1.165) is 5.56 Å². The minimum absolute atomic E-state index is 0.0800. The third kappa shape index (κ3) is 4.71. The van der Waals surface area contributed by atoms with Crippen LogP contribution in [0.3, 0.4) is 0 Å². The zero-order valence-electron chi connectivity index (χ0n) is 13.5. The van der Waals surface area contributed by atoms with Crippen LogP contribution < -0.4 is 15.4 Å². The number of carbonyl (C=O) groups is 1. The average Bonchev–Trinajstić information content (AvgIpc) is 2.55. The number of ether oxygens (including phenoxy) is 1. The van der Waals surface area contributed by atoms with Crippen molar-refractivity contribution in [3.63, 3.8) is 0 Å². The fourth-order valence-electron chi connectivity index (χ4n) is 2.28. The van der Waals surface area contributed by atoms with Gasteiger partial charge in [-0.1, -0.05) is 41.9 Å². The minimum Gasteiger partial charge on any atom is -0.495 e. The van der Waals surface area contributed by atoms with Gasteiger partial charge in [0.2, 0.25) is 5.91 Å². The van der Waals surface area contributed by atoms with E-state index in [0.29, 0.717) is 16.5 Å². The van der Waals surface area contributed by atoms with Gasteiger partial charge in [0, 0.05) is 11.7 Å². The Morgan fingerprint density at radius 3 is 2.43 bits per heavy atom. The number of amides is 1. The molecule has 0 unspecified atom stereocenters. The van der Waals surface area contributed by atoms with Crippen molar-refractivity contribution < 1.29 is 9.53 Å². The predicted molar refractivity (Wildman–Crippen MR) is 94.1 cm³/mol. The molecule has 5 heteroatoms. The molecule has 0 aliphatic heterocycles. The quantitative estimate of drug-likeness (QED) is 0.839. The van der Waals surface area contributed by atoms with Crippen molar-refractivity contribution in [2.45, 2.75) is 25.9 Å². The largest absolute Gasteiger partial charge is 0.495 e. The number of nitrogens with one attached hydrogen (secondary N) is 2. The number of halogens is 1. The normalized spacial score (nSPS) is 13.2. The second kappa shape index (κ2) is 7.99. The summed E-state index contributed by atoms with van der Waals surface area (Å²) < 4.78 is 5.10. The first kappa shape index (κ1) is 17.3. The van der Waals surface area contributed by atoms with Crippen molar-refractivity contribution in [3.05, 3.63) is 59.1 Å². The fraction of sp³-hybridized carbons (Fsp3) is 0.278. The second-order valence-electron chi connectivity index (χ2n) is 5.36. The molecule has 23 heavy (non-hydrogen) atoms. The monoisotopic (exact) mass is 332 g/mol. The molecule has 0 aromatic heterocycles. The number of anilines is 1. The first-order valence-electron chi connectivity index (χ1n) is 7.46. The van der Waals surface area contributed by atoms with E-state index in [2.05, 4.69) is 10.6 Å². The number of hydrogen-bond donors (Lipinski definition) is 2. The summed E-state index contributed by atoms with van der Waals surface area (Å²) in [5.41, 5.74) is 1.78. The van der Waals surface area contributed by atoms with Crippen LogP contribution in [0.25, 0.3) is 0 Å². The maximum atomic E-state index is 12.3. The summed E-state index contributed by atoms with van der Waals surface area (Å²) >= 11 is 6.06. The number of hydrogen-bond acceptors (Lipinski definition) is 3. The van der Waals surface area contributed by atoms with Gasteiger partial charge in [-0.2, -0.15) is 0 Å². The van der Waals surface area contributed by atoms with Crippen LogP contribution in [0.1, 0.15) is 25.5 Å². The van der Waals surface area contributed by atoms with E-state index in [-0.39, 0.29) is 18.0 Å². The van der Waals surface area contributed by atoms with Crippen LogP contribution in [0.4, 0.5) is 5.69 Å². The smallest absolute Gasteiger partial charge is 0.241 e. The third-order valence-corrected chi connectivity index (χ3v) is 3.91. The highest BCUT2D eigenvalue weighted by atomic mass is 35.5. The van der Waals surface area contributed by atoms with Crippen LogP contribution >= 0.6 is 11.6 Å². The molecule has 2 rings (SSSR count). The maximum absolute atomic E-state index is 12.3. The summed E-state index contributed by atoms with van der Waals surface area (Å²) in [6.07, 6.45) is 0. The van der Waals surface area contributed by atoms with Gasteiger partial charge in [-0.25, -0.2) is 0 Å². The Kier molecular flexibility index (Phi) is 6.02. The summed E-state index contributed by atoms with van der Waals surface area (Å²) in [6.45, 7) is 3.86. The van der Waals surface area contributed by atoms with Crippen molar-refractivity contribution >= 4 is 23.2 Å². The van der Waals surface area contributed by atoms with Gasteiger partial charge in [-0.3, -0.25) is 10.1 Å². The minimum atomic E-state index is -0.342. The molecule has 0 aliphatic rings. The molecule has 0 saturated carbocycles. The van der Waals surface area contributed by atoms with Gasteiger partial charge in [0.15, 0.2) is 0 Å². The van der Waals surface area contributed by atoms with Crippen molar-refractivity contribution in [1.29, 1.82) is 0 Å². The topological polar surface area (TPSA) is 50.4 Å². The lowest BCUT2D eigenvalue weighted by Crippen LogP contribution is -2.39. The van der Waals surface area contributed by atoms with Crippen molar-refractivity contribution in [3.8, 4) is 5.75 Å². The van der Waals surface area contributed by atoms with E-state index in [4.69, 9.17) is 16.3 Å². The van der Waals surface area contributed by atoms with E-state index in [1.54, 1.807) is 25.3 Å². The maximum Gasteiger partial charge on any atom is 0.241 e. The molecule has 122 valence electrons. The van der Waals surface area contributed by atoms with Crippen LogP contribution in [-0.2, 0) is 4.79 Å². The first-order chi connectivity index (χ1) is 11.0. The summed E-state index contributed by atoms with van der Waals surface area (Å²) in [5, 5.41) is 6.59. The highest BCUT2D eigenvalue weighted by Gasteiger charge is 2.16. The lowest BCUT2D eigenvalue weighted by Gasteiger charge is -2.20. The van der Waals surface area contributed by atoms with Crippen LogP contribution in [0.2, 0.25) is 5.02 Å². The predicted octanol–water partition coefficient (Wildman–Crippen LogP) is 4.03. The summed E-state index contributed by atoms with van der Waals surface area (Å²) in [6, 6.07) is 14.9. The van der Waals surface area contributed by atoms with E-state index in [9.17, 15) is 4.79 Å². The molecular formula is C18H21ClN2O2. The molecule has 0 saturated heterocycles. The molecule has 1 amide bonds. The molecule has 0 fully saturated rings. The van der Waals surface area contributed by atoms with Gasteiger partial charge in [0.25, 0.3) is 0 Å². The molecule has 0 radical (unpaired) electrons. The van der Waals surface area contributed by atoms with Crippen molar-refractivity contribution in [2.24, 2.45) is 0 Å². The Balaban J connectivity index is 1.96. The van der Waals surface area contributed by atoms with E-state index < -0.39 is 0 Å². The molecule has 0 bridgehead atoms. The van der Waals surface area contributed by atoms with E-state index in [1.165, 1.54) is 0 Å². The Bertz CT molecular complexity index is 661. The first-order valence-corrected chi connectivity index (χ1v) is 7.84. The van der Waals surface area contributed by atoms with Crippen molar-refractivity contribution in [1.82, 2.24) is 5.32 Å². The van der Waals surface area contributed by atoms with Gasteiger partial charge >= 0.3 is 0 Å². The molecule has 4 nitrogen and oxygen atoms in total. The molecule has 0 aliphatic carbocycles. The molecule has 2 atom stereocenters. The van der Waals surface area contributed by atoms with Gasteiger partial charge in [0.05, 0.1) is 18.2 Å². The van der Waals surface area contributed by atoms with E-state index in [1.807, 2.05) is 44.2 Å². The zero-order valence-corrected chi connectivity index (χ0v) is 14.2. The molecule has 2 aromatic rings. The van der Waals surface area contributed by atoms with Crippen LogP contribution in [0, 0.1) is 0 Å². The average molecular weight is 333 g/mol. The molecule has 0 spiro atoms. The van der Waals surface area contributed by atoms with E-state index >= 15 is 0 Å².